The van der Waals surface area contributed by atoms with E-state index in [4.69, 9.17) is 9.99 Å². The molecule has 0 aromatic heterocycles. The van der Waals surface area contributed by atoms with Gasteiger partial charge in [0.1, 0.15) is 18.6 Å². The molecule has 4 aliphatic carbocycles. The Kier molecular flexibility index (Phi) is 4.46. The van der Waals surface area contributed by atoms with E-state index in [2.05, 4.69) is 9.37 Å². The maximum Gasteiger partial charge on any atom is 0.343 e. The Balaban J connectivity index is 1.52. The Hall–Kier alpha value is 0.01000. The first-order valence-corrected chi connectivity index (χ1v) is 7.97. The van der Waals surface area contributed by atoms with Crippen LogP contribution in [0.3, 0.4) is 0 Å². The zero-order valence-corrected chi connectivity index (χ0v) is 12.4. The molecular weight excluding hydrogens is 306 g/mol. The molecule has 0 aliphatic heterocycles. The first-order valence-electron chi connectivity index (χ1n) is 7.23. The van der Waals surface area contributed by atoms with E-state index < -0.39 is 11.9 Å². The SMILES string of the molecule is OOOSC(F)(F)COCC12CC3CC(C1)C(O)C(C3)C2. The van der Waals surface area contributed by atoms with Gasteiger partial charge in [-0.3, -0.25) is 0 Å². The lowest BCUT2D eigenvalue weighted by atomic mass is 9.49. The minimum atomic E-state index is -3.27. The summed E-state index contributed by atoms with van der Waals surface area (Å²) in [7, 11) is 0. The van der Waals surface area contributed by atoms with Crippen LogP contribution in [0.15, 0.2) is 0 Å². The van der Waals surface area contributed by atoms with E-state index in [9.17, 15) is 13.9 Å². The number of aliphatic hydroxyl groups is 1. The standard InChI is InChI=1S/C13H20F2O5S/c14-13(15,21-20-19-17)7-18-6-12-3-8-1-9(4-12)11(16)10(2-8)5-12/h8-11,16-17H,1-7H2. The molecule has 2 unspecified atom stereocenters. The minimum absolute atomic E-state index is 0.0508. The van der Waals surface area contributed by atoms with Crippen molar-refractivity contribution >= 4 is 12.0 Å². The van der Waals surface area contributed by atoms with Crippen LogP contribution in [0, 0.1) is 23.2 Å². The largest absolute Gasteiger partial charge is 0.393 e. The fraction of sp³-hybridized carbons (Fsp3) is 1.00. The predicted octanol–water partition coefficient (Wildman–Crippen LogP) is 2.85. The molecule has 0 spiro atoms. The molecule has 4 fully saturated rings. The zero-order chi connectivity index (χ0) is 15.1. The van der Waals surface area contributed by atoms with Crippen LogP contribution >= 0.6 is 12.0 Å². The molecule has 0 heterocycles. The predicted molar refractivity (Wildman–Crippen MR) is 70.2 cm³/mol. The van der Waals surface area contributed by atoms with Gasteiger partial charge in [-0.25, -0.2) is 5.26 Å². The number of hydrogen-bond donors (Lipinski definition) is 2. The third kappa shape index (κ3) is 3.35. The lowest BCUT2D eigenvalue weighted by molar-refractivity contribution is -0.433. The second kappa shape index (κ2) is 5.90. The van der Waals surface area contributed by atoms with Gasteiger partial charge in [-0.2, -0.15) is 8.78 Å². The molecule has 2 N–H and O–H groups in total. The van der Waals surface area contributed by atoms with Gasteiger partial charge >= 0.3 is 5.25 Å². The third-order valence-corrected chi connectivity index (χ3v) is 5.71. The Bertz CT molecular complexity index is 368. The van der Waals surface area contributed by atoms with Crippen molar-refractivity contribution in [3.05, 3.63) is 0 Å². The number of aliphatic hydroxyl groups excluding tert-OH is 1. The summed E-state index contributed by atoms with van der Waals surface area (Å²) in [6, 6.07) is 0. The summed E-state index contributed by atoms with van der Waals surface area (Å²) < 4.78 is 35.6. The topological polar surface area (TPSA) is 68.2 Å². The molecule has 0 amide bonds. The van der Waals surface area contributed by atoms with Crippen molar-refractivity contribution in [1.82, 2.24) is 0 Å². The van der Waals surface area contributed by atoms with Crippen LogP contribution in [0.2, 0.25) is 0 Å². The fourth-order valence-corrected chi connectivity index (χ4v) is 5.08. The van der Waals surface area contributed by atoms with Crippen molar-refractivity contribution < 1.29 is 33.3 Å². The Morgan fingerprint density at radius 1 is 1.19 bits per heavy atom. The van der Waals surface area contributed by atoms with Crippen LogP contribution in [0.1, 0.15) is 32.1 Å². The van der Waals surface area contributed by atoms with Gasteiger partial charge in [0.05, 0.1) is 12.7 Å². The fourth-order valence-electron chi connectivity index (χ4n) is 4.82. The smallest absolute Gasteiger partial charge is 0.343 e. The molecule has 4 saturated carbocycles. The lowest BCUT2D eigenvalue weighted by Gasteiger charge is -2.58. The number of alkyl halides is 2. The van der Waals surface area contributed by atoms with E-state index in [1.807, 2.05) is 0 Å². The summed E-state index contributed by atoms with van der Waals surface area (Å²) in [5.74, 6) is 1.22. The van der Waals surface area contributed by atoms with Gasteiger partial charge in [-0.05, 0) is 55.3 Å². The van der Waals surface area contributed by atoms with Gasteiger partial charge < -0.3 is 9.84 Å². The average Bonchev–Trinajstić information content (AvgIpc) is 2.41. The number of halogens is 2. The lowest BCUT2D eigenvalue weighted by Crippen LogP contribution is -2.55. The molecule has 8 heteroatoms. The molecular formula is C13H20F2O5S. The van der Waals surface area contributed by atoms with Crippen molar-refractivity contribution in [1.29, 1.82) is 0 Å². The van der Waals surface area contributed by atoms with Crippen LogP contribution in [-0.2, 0) is 14.1 Å². The summed E-state index contributed by atoms with van der Waals surface area (Å²) in [6.07, 6.45) is 4.66. The second-order valence-corrected chi connectivity index (χ2v) is 7.72. The number of rotatable bonds is 7. The van der Waals surface area contributed by atoms with E-state index in [1.54, 1.807) is 0 Å². The van der Waals surface area contributed by atoms with Crippen LogP contribution in [-0.4, -0.2) is 34.9 Å². The molecule has 0 aromatic rings. The van der Waals surface area contributed by atoms with Crippen molar-refractivity contribution in [2.75, 3.05) is 13.2 Å². The highest BCUT2D eigenvalue weighted by atomic mass is 32.2. The van der Waals surface area contributed by atoms with Gasteiger partial charge in [0.2, 0.25) is 0 Å². The second-order valence-electron chi connectivity index (χ2n) is 6.82. The van der Waals surface area contributed by atoms with Crippen LogP contribution in [0.4, 0.5) is 8.78 Å². The number of ether oxygens (including phenoxy) is 1. The molecule has 21 heavy (non-hydrogen) atoms. The highest BCUT2D eigenvalue weighted by Crippen LogP contribution is 2.60. The highest BCUT2D eigenvalue weighted by molar-refractivity contribution is 7.95. The third-order valence-electron chi connectivity index (χ3n) is 5.21. The minimum Gasteiger partial charge on any atom is -0.393 e. The van der Waals surface area contributed by atoms with Crippen LogP contribution in [0.25, 0.3) is 0 Å². The van der Waals surface area contributed by atoms with E-state index in [0.717, 1.165) is 32.1 Å². The molecule has 4 bridgehead atoms. The molecule has 4 rings (SSSR count). The summed E-state index contributed by atoms with van der Waals surface area (Å²) in [5.41, 5.74) is -0.0508. The monoisotopic (exact) mass is 326 g/mol. The molecule has 0 radical (unpaired) electrons. The Labute approximate surface area is 126 Å². The summed E-state index contributed by atoms with van der Waals surface area (Å²) in [4.78, 5) is 0. The van der Waals surface area contributed by atoms with Gasteiger partial charge in [0.25, 0.3) is 0 Å². The molecule has 122 valence electrons. The maximum atomic E-state index is 13.3. The van der Waals surface area contributed by atoms with Crippen molar-refractivity contribution in [2.24, 2.45) is 23.2 Å². The Morgan fingerprint density at radius 2 is 1.86 bits per heavy atom. The van der Waals surface area contributed by atoms with E-state index in [0.29, 0.717) is 24.4 Å². The molecule has 0 aromatic carbocycles. The maximum absolute atomic E-state index is 13.3. The van der Waals surface area contributed by atoms with Crippen molar-refractivity contribution in [3.63, 3.8) is 0 Å². The van der Waals surface area contributed by atoms with Gasteiger partial charge in [0, 0.05) is 0 Å². The molecule has 4 aliphatic rings. The van der Waals surface area contributed by atoms with E-state index in [-0.39, 0.29) is 23.6 Å². The first kappa shape index (κ1) is 15.9. The van der Waals surface area contributed by atoms with Crippen LogP contribution in [0.5, 0.6) is 0 Å². The highest BCUT2D eigenvalue weighted by Gasteiger charge is 2.55. The van der Waals surface area contributed by atoms with Gasteiger partial charge in [-0.1, -0.05) is 5.04 Å². The normalized spacial score (nSPS) is 41.7. The molecule has 0 saturated heterocycles. The summed E-state index contributed by atoms with van der Waals surface area (Å²) in [5, 5.41) is 18.0. The zero-order valence-electron chi connectivity index (χ0n) is 11.5. The first-order chi connectivity index (χ1) is 9.93. The summed E-state index contributed by atoms with van der Waals surface area (Å²) >= 11 is -0.274. The average molecular weight is 326 g/mol. The van der Waals surface area contributed by atoms with Crippen molar-refractivity contribution in [2.45, 2.75) is 43.5 Å². The Morgan fingerprint density at radius 3 is 2.48 bits per heavy atom. The number of hydrogen-bond acceptors (Lipinski definition) is 6. The van der Waals surface area contributed by atoms with Gasteiger partial charge in [0.15, 0.2) is 0 Å². The van der Waals surface area contributed by atoms with Gasteiger partial charge in [-0.15, -0.1) is 4.33 Å². The summed E-state index contributed by atoms with van der Waals surface area (Å²) in [6.45, 7) is -0.495. The van der Waals surface area contributed by atoms with Crippen molar-refractivity contribution in [3.8, 4) is 0 Å². The van der Waals surface area contributed by atoms with E-state index >= 15 is 0 Å². The quantitative estimate of drug-likeness (QED) is 0.426. The molecule has 2 atom stereocenters. The van der Waals surface area contributed by atoms with E-state index in [1.165, 1.54) is 0 Å². The van der Waals surface area contributed by atoms with Crippen LogP contribution < -0.4 is 0 Å². The molecule has 5 nitrogen and oxygen atoms in total.